The average Bonchev–Trinajstić information content (AvgIpc) is 2.26. The predicted octanol–water partition coefficient (Wildman–Crippen LogP) is 3.61. The summed E-state index contributed by atoms with van der Waals surface area (Å²) in [5.41, 5.74) is -4.98. The van der Waals surface area contributed by atoms with Crippen LogP contribution in [-0.4, -0.2) is 18.6 Å². The number of esters is 1. The largest absolute Gasteiger partial charge is 0.465 e. The molecular weight excluding hydrogens is 291 g/mol. The maximum atomic E-state index is 12.2. The number of nitrogens with zero attached hydrogens (tertiary/aromatic N) is 1. The van der Waals surface area contributed by atoms with Crippen molar-refractivity contribution < 1.29 is 22.7 Å². The van der Waals surface area contributed by atoms with E-state index >= 15 is 0 Å². The molecule has 0 saturated carbocycles. The van der Waals surface area contributed by atoms with E-state index in [4.69, 9.17) is 16.9 Å². The van der Waals surface area contributed by atoms with Gasteiger partial charge in [-0.15, -0.1) is 0 Å². The number of carbonyl (C=O) groups is 1. The number of rotatable bonds is 2. The molecule has 1 aromatic carbocycles. The minimum absolute atomic E-state index is 0.151. The summed E-state index contributed by atoms with van der Waals surface area (Å²) in [6.45, 7) is 0. The van der Waals surface area contributed by atoms with Gasteiger partial charge in [-0.25, -0.2) is 4.79 Å². The molecule has 0 aliphatic rings. The Morgan fingerprint density at radius 2 is 2.11 bits per heavy atom. The number of methoxy groups -OCH3 is 1. The summed E-state index contributed by atoms with van der Waals surface area (Å²) in [6, 6.07) is 3.47. The first-order valence-electron chi connectivity index (χ1n) is 4.36. The van der Waals surface area contributed by atoms with Gasteiger partial charge in [-0.1, -0.05) is 11.6 Å². The molecule has 0 N–H and O–H groups in total. The minimum Gasteiger partial charge on any atom is -0.465 e. The highest BCUT2D eigenvalue weighted by molar-refractivity contribution is 8.00. The molecular formula is C10H5ClF3NO2S. The molecule has 0 fully saturated rings. The first-order valence-corrected chi connectivity index (χ1v) is 5.55. The van der Waals surface area contributed by atoms with Gasteiger partial charge in [-0.2, -0.15) is 18.4 Å². The smallest absolute Gasteiger partial charge is 0.446 e. The lowest BCUT2D eigenvalue weighted by molar-refractivity contribution is -0.0328. The van der Waals surface area contributed by atoms with Crippen LogP contribution in [0.5, 0.6) is 0 Å². The number of hydrogen-bond donors (Lipinski definition) is 0. The molecule has 18 heavy (non-hydrogen) atoms. The zero-order valence-electron chi connectivity index (χ0n) is 8.84. The SMILES string of the molecule is COC(=O)c1cc(C#N)c(SC(F)(F)F)cc1Cl. The number of benzene rings is 1. The molecule has 0 unspecified atom stereocenters. The molecule has 0 atom stereocenters. The van der Waals surface area contributed by atoms with E-state index in [0.29, 0.717) is 0 Å². The number of nitriles is 1. The van der Waals surface area contributed by atoms with E-state index in [0.717, 1.165) is 19.2 Å². The van der Waals surface area contributed by atoms with Crippen LogP contribution in [0.1, 0.15) is 15.9 Å². The normalized spacial score (nSPS) is 10.9. The molecule has 3 nitrogen and oxygen atoms in total. The Morgan fingerprint density at radius 1 is 1.50 bits per heavy atom. The van der Waals surface area contributed by atoms with E-state index in [1.807, 2.05) is 0 Å². The molecule has 1 rings (SSSR count). The topological polar surface area (TPSA) is 50.1 Å². The zero-order chi connectivity index (χ0) is 13.9. The van der Waals surface area contributed by atoms with Crippen molar-refractivity contribution in [3.63, 3.8) is 0 Å². The highest BCUT2D eigenvalue weighted by Crippen LogP contribution is 2.40. The molecule has 0 aliphatic carbocycles. The van der Waals surface area contributed by atoms with Gasteiger partial charge in [0.15, 0.2) is 0 Å². The first kappa shape index (κ1) is 14.7. The van der Waals surface area contributed by atoms with Crippen molar-refractivity contribution in [2.75, 3.05) is 7.11 Å². The summed E-state index contributed by atoms with van der Waals surface area (Å²) in [4.78, 5) is 10.9. The second-order valence-corrected chi connectivity index (χ2v) is 4.49. The van der Waals surface area contributed by atoms with Crippen molar-refractivity contribution in [1.82, 2.24) is 0 Å². The molecule has 0 saturated heterocycles. The quantitative estimate of drug-likeness (QED) is 0.618. The summed E-state index contributed by atoms with van der Waals surface area (Å²) in [5, 5.41) is 8.56. The van der Waals surface area contributed by atoms with Crippen LogP contribution in [0, 0.1) is 11.3 Å². The number of carbonyl (C=O) groups excluding carboxylic acids is 1. The van der Waals surface area contributed by atoms with Crippen LogP contribution < -0.4 is 0 Å². The fraction of sp³-hybridized carbons (Fsp3) is 0.200. The average molecular weight is 296 g/mol. The van der Waals surface area contributed by atoms with Crippen molar-refractivity contribution in [2.45, 2.75) is 10.4 Å². The summed E-state index contributed by atoms with van der Waals surface area (Å²) in [7, 11) is 1.10. The van der Waals surface area contributed by atoms with E-state index in [2.05, 4.69) is 4.74 Å². The lowest BCUT2D eigenvalue weighted by Gasteiger charge is -2.09. The Kier molecular flexibility index (Phi) is 4.48. The number of ether oxygens (including phenoxy) is 1. The van der Waals surface area contributed by atoms with E-state index in [-0.39, 0.29) is 21.0 Å². The zero-order valence-corrected chi connectivity index (χ0v) is 10.4. The van der Waals surface area contributed by atoms with Crippen molar-refractivity contribution in [3.8, 4) is 6.07 Å². The van der Waals surface area contributed by atoms with Gasteiger partial charge >= 0.3 is 11.5 Å². The van der Waals surface area contributed by atoms with Crippen LogP contribution in [0.15, 0.2) is 17.0 Å². The van der Waals surface area contributed by atoms with Crippen LogP contribution in [-0.2, 0) is 4.74 Å². The monoisotopic (exact) mass is 295 g/mol. The highest BCUT2D eigenvalue weighted by atomic mass is 35.5. The van der Waals surface area contributed by atoms with Crippen LogP contribution in [0.4, 0.5) is 13.2 Å². The van der Waals surface area contributed by atoms with Gasteiger partial charge in [0.05, 0.1) is 23.3 Å². The molecule has 0 bridgehead atoms. The van der Waals surface area contributed by atoms with Crippen LogP contribution in [0.2, 0.25) is 5.02 Å². The minimum atomic E-state index is -4.54. The maximum Gasteiger partial charge on any atom is 0.446 e. The van der Waals surface area contributed by atoms with Crippen molar-refractivity contribution in [2.24, 2.45) is 0 Å². The lowest BCUT2D eigenvalue weighted by Crippen LogP contribution is -2.05. The van der Waals surface area contributed by atoms with E-state index in [1.165, 1.54) is 0 Å². The first-order chi connectivity index (χ1) is 8.28. The van der Waals surface area contributed by atoms with Crippen LogP contribution >= 0.6 is 23.4 Å². The third-order valence-electron chi connectivity index (χ3n) is 1.82. The third kappa shape index (κ3) is 3.55. The highest BCUT2D eigenvalue weighted by Gasteiger charge is 2.31. The Labute approximate surface area is 109 Å². The standard InChI is InChI=1S/C10H5ClF3NO2S/c1-17-9(16)6-2-5(4-15)8(3-7(6)11)18-10(12,13)14/h2-3H,1H3. The Bertz CT molecular complexity index is 525. The molecule has 8 heteroatoms. The van der Waals surface area contributed by atoms with Gasteiger partial charge < -0.3 is 4.74 Å². The molecule has 0 heterocycles. The molecule has 0 spiro atoms. The van der Waals surface area contributed by atoms with E-state index in [9.17, 15) is 18.0 Å². The second-order valence-electron chi connectivity index (χ2n) is 2.98. The lowest BCUT2D eigenvalue weighted by atomic mass is 10.1. The molecule has 1 aromatic rings. The molecule has 0 aliphatic heterocycles. The second kappa shape index (κ2) is 5.50. The molecule has 0 aromatic heterocycles. The van der Waals surface area contributed by atoms with Crippen LogP contribution in [0.25, 0.3) is 0 Å². The third-order valence-corrected chi connectivity index (χ3v) is 2.92. The van der Waals surface area contributed by atoms with Gasteiger partial charge in [0.1, 0.15) is 6.07 Å². The van der Waals surface area contributed by atoms with Gasteiger partial charge in [-0.05, 0) is 23.9 Å². The fourth-order valence-electron chi connectivity index (χ4n) is 1.12. The van der Waals surface area contributed by atoms with Crippen molar-refractivity contribution in [3.05, 3.63) is 28.3 Å². The number of alkyl halides is 3. The summed E-state index contributed by atoms with van der Waals surface area (Å²) < 4.78 is 41.1. The Balaban J connectivity index is 3.28. The molecule has 96 valence electrons. The van der Waals surface area contributed by atoms with Crippen LogP contribution in [0.3, 0.4) is 0 Å². The maximum absolute atomic E-state index is 12.2. The number of halogens is 4. The Morgan fingerprint density at radius 3 is 2.56 bits per heavy atom. The van der Waals surface area contributed by atoms with Gasteiger partial charge in [-0.3, -0.25) is 0 Å². The van der Waals surface area contributed by atoms with Crippen molar-refractivity contribution in [1.29, 1.82) is 5.26 Å². The predicted molar refractivity (Wildman–Crippen MR) is 59.4 cm³/mol. The van der Waals surface area contributed by atoms with Crippen molar-refractivity contribution >= 4 is 29.3 Å². The van der Waals surface area contributed by atoms with Gasteiger partial charge in [0.25, 0.3) is 0 Å². The fourth-order valence-corrected chi connectivity index (χ4v) is 2.06. The van der Waals surface area contributed by atoms with Gasteiger partial charge in [0, 0.05) is 4.90 Å². The summed E-state index contributed by atoms with van der Waals surface area (Å²) >= 11 is 5.20. The number of hydrogen-bond acceptors (Lipinski definition) is 4. The van der Waals surface area contributed by atoms with Gasteiger partial charge in [0.2, 0.25) is 0 Å². The van der Waals surface area contributed by atoms with E-state index < -0.39 is 23.2 Å². The summed E-state index contributed by atoms with van der Waals surface area (Å²) in [5.74, 6) is -0.819. The molecule has 0 amide bonds. The molecule has 0 radical (unpaired) electrons. The number of thioether (sulfide) groups is 1. The van der Waals surface area contributed by atoms with E-state index in [1.54, 1.807) is 6.07 Å². The summed E-state index contributed by atoms with van der Waals surface area (Å²) in [6.07, 6.45) is 0. The Hall–Kier alpha value is -1.39.